The number of fused-ring (bicyclic) bond motifs is 3. The number of esters is 4. The molecule has 0 aromatic heterocycles. The molecular weight excluding hydrogens is 1600 g/mol. The van der Waals surface area contributed by atoms with Gasteiger partial charge in [0.1, 0.15) is 18.7 Å². The van der Waals surface area contributed by atoms with E-state index in [1.165, 1.54) is 11.1 Å². The minimum atomic E-state index is -1.03. The second-order valence-corrected chi connectivity index (χ2v) is 30.3. The van der Waals surface area contributed by atoms with E-state index in [1.807, 2.05) is 153 Å². The molecule has 10 aromatic carbocycles. The molecule has 4 amide bonds. The Balaban J connectivity index is 0.000000235. The van der Waals surface area contributed by atoms with Crippen molar-refractivity contribution in [3.05, 3.63) is 359 Å². The molecule has 5 N–H and O–H groups in total. The Morgan fingerprint density at radius 3 is 1.04 bits per heavy atom. The van der Waals surface area contributed by atoms with Crippen molar-refractivity contribution in [3.8, 4) is 11.1 Å². The number of hydrogen-bond acceptors (Lipinski definition) is 16. The Morgan fingerprint density at radius 1 is 0.386 bits per heavy atom. The van der Waals surface area contributed by atoms with E-state index >= 15 is 0 Å². The van der Waals surface area contributed by atoms with E-state index in [0.29, 0.717) is 82.0 Å². The van der Waals surface area contributed by atoms with Crippen LogP contribution in [0.4, 0.5) is 4.79 Å². The van der Waals surface area contributed by atoms with E-state index in [4.69, 9.17) is 24.1 Å². The van der Waals surface area contributed by atoms with Gasteiger partial charge in [-0.15, -0.1) is 0 Å². The van der Waals surface area contributed by atoms with Crippen LogP contribution in [0.1, 0.15) is 190 Å². The fourth-order valence-corrected chi connectivity index (χ4v) is 15.8. The summed E-state index contributed by atoms with van der Waals surface area (Å²) in [5.74, 6) is -4.61. The summed E-state index contributed by atoms with van der Waals surface area (Å²) in [6.07, 6.45) is 5.53. The number of amides is 4. The van der Waals surface area contributed by atoms with E-state index in [2.05, 4.69) is 149 Å². The highest BCUT2D eigenvalue weighted by Crippen LogP contribution is 2.45. The molecule has 2 unspecified atom stereocenters. The summed E-state index contributed by atoms with van der Waals surface area (Å²) in [6.45, 7) is 16.2. The fourth-order valence-electron chi connectivity index (χ4n) is 15.8. The van der Waals surface area contributed by atoms with Crippen molar-refractivity contribution in [2.45, 2.75) is 135 Å². The van der Waals surface area contributed by atoms with Crippen LogP contribution >= 0.6 is 0 Å². The van der Waals surface area contributed by atoms with Gasteiger partial charge in [0.15, 0.2) is 0 Å². The third kappa shape index (κ3) is 32.4. The predicted octanol–water partition coefficient (Wildman–Crippen LogP) is 18.5. The number of hydrogen-bond donors (Lipinski definition) is 5. The Labute approximate surface area is 748 Å². The zero-order chi connectivity index (χ0) is 90.8. The Hall–Kier alpha value is -13.1. The SMILES string of the molecule is C=CC(=O)OCC.CCO.CCOC(=O)CCN(CCC(c1ccccc1)c1ccccc1)C(=O)C(NC(=O)OCC1c2ccccc2-c2ccccc21)c1ccccc1.CCOC(=O)CCN(CCC(c1ccccc1)c1ccccc1)C(=O)C(NC(=O)[C@@H]1CCCC[C@H]1C(=O)O)c1ccccc1.CCOC(=O)CCNCCC(c1ccccc1)c1ccccc1. The standard InChI is InChI=1S/C43H42N2O5.C36H42N2O6.C20H25NO2.C5H8O2.C2H6O/c1-2-49-40(46)27-29-45(28-26-34(31-16-6-3-7-17-31)32-18-8-4-9-19-32)42(47)41(33-20-10-5-11-21-33)44-43(48)50-30-39-37-24-14-12-22-35(37)36-23-13-15-25-38(36)39;1-2-44-32(39)23-25-38(24-22-29(26-14-6-3-7-15-26)27-16-8-4-9-17-27)35(41)33(28-18-10-5-11-19-28)37-34(40)30-20-12-13-21-31(30)36(42)43;1-2-23-20(22)14-16-21-15-13-19(17-9-5-3-6-10-17)18-11-7-4-8-12-18;1-3-5(6)7-4-2;1-2-3/h3-25,34,39,41H,2,26-30H2,1H3,(H,44,48);3-11,14-19,29-31,33H,2,12-13,20-25H2,1H3,(H,37,40)(H,42,43);3-12,19,21H,2,13-16H2,1H3;3H,1,4H2,2H3;3H,2H2,1H3/t;30-,31-,33?;;;/m.1.../s1. The number of rotatable bonds is 39. The molecule has 127 heavy (non-hydrogen) atoms. The molecule has 0 spiro atoms. The quantitative estimate of drug-likeness (QED) is 0.0104. The number of benzene rings is 10. The molecule has 1 saturated carbocycles. The molecule has 10 aromatic rings. The van der Waals surface area contributed by atoms with Gasteiger partial charge in [0, 0.05) is 69.1 Å². The second kappa shape index (κ2) is 56.0. The first kappa shape index (κ1) is 99.3. The summed E-state index contributed by atoms with van der Waals surface area (Å²) in [5.41, 5.74) is 12.8. The Kier molecular flexibility index (Phi) is 43.8. The van der Waals surface area contributed by atoms with Crippen LogP contribution in [0, 0.1) is 11.8 Å². The summed E-state index contributed by atoms with van der Waals surface area (Å²) in [6, 6.07) is 94.1. The Morgan fingerprint density at radius 2 is 0.701 bits per heavy atom. The number of nitrogens with one attached hydrogen (secondary N) is 3. The lowest BCUT2D eigenvalue weighted by Gasteiger charge is -2.32. The Bertz CT molecular complexity index is 4780. The molecule has 668 valence electrons. The van der Waals surface area contributed by atoms with Gasteiger partial charge in [0.05, 0.1) is 57.5 Å². The van der Waals surface area contributed by atoms with E-state index in [-0.39, 0.29) is 99.8 Å². The molecule has 12 rings (SSSR count). The van der Waals surface area contributed by atoms with Crippen LogP contribution in [0.3, 0.4) is 0 Å². The third-order valence-corrected chi connectivity index (χ3v) is 21.9. The average Bonchev–Trinajstić information content (AvgIpc) is 1.62. The van der Waals surface area contributed by atoms with Crippen molar-refractivity contribution in [1.82, 2.24) is 25.8 Å². The number of alkyl carbamates (subject to hydrolysis) is 1. The van der Waals surface area contributed by atoms with Gasteiger partial charge < -0.3 is 59.6 Å². The molecule has 0 bridgehead atoms. The van der Waals surface area contributed by atoms with Crippen molar-refractivity contribution in [2.24, 2.45) is 11.8 Å². The smallest absolute Gasteiger partial charge is 0.408 e. The van der Waals surface area contributed by atoms with Crippen molar-refractivity contribution >= 4 is 53.7 Å². The number of carboxylic acids is 1. The van der Waals surface area contributed by atoms with Gasteiger partial charge in [-0.25, -0.2) is 9.59 Å². The van der Waals surface area contributed by atoms with Gasteiger partial charge in [-0.3, -0.25) is 33.6 Å². The van der Waals surface area contributed by atoms with Crippen LogP contribution in [0.2, 0.25) is 0 Å². The lowest BCUT2D eigenvalue weighted by Crippen LogP contribution is -2.47. The second-order valence-electron chi connectivity index (χ2n) is 30.3. The summed E-state index contributed by atoms with van der Waals surface area (Å²) >= 11 is 0. The average molecular weight is 1720 g/mol. The minimum Gasteiger partial charge on any atom is -0.481 e. The predicted molar refractivity (Wildman–Crippen MR) is 495 cm³/mol. The van der Waals surface area contributed by atoms with Gasteiger partial charge in [-0.1, -0.05) is 311 Å². The normalized spacial score (nSPS) is 13.3. The highest BCUT2D eigenvalue weighted by molar-refractivity contribution is 5.92. The van der Waals surface area contributed by atoms with Crippen LogP contribution < -0.4 is 16.0 Å². The maximum absolute atomic E-state index is 14.5. The van der Waals surface area contributed by atoms with Crippen molar-refractivity contribution in [3.63, 3.8) is 0 Å². The molecule has 21 heteroatoms. The van der Waals surface area contributed by atoms with Crippen LogP contribution in [0.5, 0.6) is 0 Å². The zero-order valence-corrected chi connectivity index (χ0v) is 73.7. The first-order chi connectivity index (χ1) is 61.9. The van der Waals surface area contributed by atoms with Crippen LogP contribution in [0.25, 0.3) is 11.1 Å². The molecule has 4 atom stereocenters. The van der Waals surface area contributed by atoms with Crippen molar-refractivity contribution in [1.29, 1.82) is 0 Å². The van der Waals surface area contributed by atoms with Crippen molar-refractivity contribution < 1.29 is 77.0 Å². The van der Waals surface area contributed by atoms with E-state index < -0.39 is 47.9 Å². The van der Waals surface area contributed by atoms with Crippen molar-refractivity contribution in [2.75, 3.05) is 78.9 Å². The van der Waals surface area contributed by atoms with Crippen LogP contribution in [0.15, 0.2) is 304 Å². The zero-order valence-electron chi connectivity index (χ0n) is 73.7. The van der Waals surface area contributed by atoms with Crippen LogP contribution in [-0.2, 0) is 62.0 Å². The monoisotopic (exact) mass is 1720 g/mol. The highest BCUT2D eigenvalue weighted by Gasteiger charge is 2.39. The number of nitrogens with zero attached hydrogens (tertiary/aromatic N) is 2. The highest BCUT2D eigenvalue weighted by atomic mass is 16.6. The number of carbonyl (C=O) groups is 9. The van der Waals surface area contributed by atoms with Crippen LogP contribution in [-0.4, -0.2) is 153 Å². The molecule has 2 aliphatic rings. The summed E-state index contributed by atoms with van der Waals surface area (Å²) in [7, 11) is 0. The number of aliphatic hydroxyl groups is 1. The van der Waals surface area contributed by atoms with Gasteiger partial charge in [0.25, 0.3) is 0 Å². The minimum absolute atomic E-state index is 0.00127. The first-order valence-corrected chi connectivity index (χ1v) is 44.1. The number of aliphatic hydroxyl groups excluding tert-OH is 1. The third-order valence-electron chi connectivity index (χ3n) is 21.9. The summed E-state index contributed by atoms with van der Waals surface area (Å²) < 4.78 is 25.6. The molecule has 0 heterocycles. The van der Waals surface area contributed by atoms with E-state index in [0.717, 1.165) is 76.4 Å². The van der Waals surface area contributed by atoms with Gasteiger partial charge >= 0.3 is 35.9 Å². The molecule has 21 nitrogen and oxygen atoms in total. The number of aliphatic carboxylic acids is 1. The van der Waals surface area contributed by atoms with Gasteiger partial charge in [0.2, 0.25) is 17.7 Å². The largest absolute Gasteiger partial charge is 0.481 e. The van der Waals surface area contributed by atoms with Gasteiger partial charge in [-0.05, 0) is 140 Å². The van der Waals surface area contributed by atoms with E-state index in [1.54, 1.807) is 61.8 Å². The fraction of sp³-hybridized carbons (Fsp3) is 0.330. The molecule has 0 saturated heterocycles. The molecule has 2 aliphatic carbocycles. The first-order valence-electron chi connectivity index (χ1n) is 44.1. The van der Waals surface area contributed by atoms with Gasteiger partial charge in [-0.2, -0.15) is 0 Å². The number of carbonyl (C=O) groups excluding carboxylic acids is 8. The molecule has 0 aliphatic heterocycles. The maximum Gasteiger partial charge on any atom is 0.408 e. The number of carboxylic acid groups (broad SMARTS) is 1. The number of ether oxygens (including phenoxy) is 5. The molecule has 0 radical (unpaired) electrons. The maximum atomic E-state index is 14.5. The summed E-state index contributed by atoms with van der Waals surface area (Å²) in [4.78, 5) is 118. The molecule has 1 fully saturated rings. The van der Waals surface area contributed by atoms with E-state index in [9.17, 15) is 48.3 Å². The lowest BCUT2D eigenvalue weighted by atomic mass is 9.78. The topological polar surface area (TPSA) is 283 Å². The lowest BCUT2D eigenvalue weighted by molar-refractivity contribution is -0.149. The molecular formula is C106H123N5O16. The summed E-state index contributed by atoms with van der Waals surface area (Å²) in [5, 5.41) is 26.5.